The largest absolute Gasteiger partial charge is 0.507 e. The summed E-state index contributed by atoms with van der Waals surface area (Å²) in [5.74, 6) is 0.188. The van der Waals surface area contributed by atoms with Crippen molar-refractivity contribution in [2.45, 2.75) is 38.4 Å². The van der Waals surface area contributed by atoms with Crippen molar-refractivity contribution < 1.29 is 9.90 Å². The Balaban J connectivity index is 1.75. The third kappa shape index (κ3) is 2.59. The quantitative estimate of drug-likeness (QED) is 0.893. The second-order valence-electron chi connectivity index (χ2n) is 5.94. The van der Waals surface area contributed by atoms with Gasteiger partial charge in [-0.2, -0.15) is 5.26 Å². The number of nitriles is 1. The van der Waals surface area contributed by atoms with Crippen molar-refractivity contribution in [1.82, 2.24) is 9.80 Å². The van der Waals surface area contributed by atoms with E-state index in [1.54, 1.807) is 19.1 Å². The molecule has 5 heteroatoms. The molecule has 2 fully saturated rings. The van der Waals surface area contributed by atoms with Crippen LogP contribution in [0.15, 0.2) is 18.2 Å². The van der Waals surface area contributed by atoms with E-state index in [9.17, 15) is 9.90 Å². The van der Waals surface area contributed by atoms with Gasteiger partial charge in [-0.1, -0.05) is 6.07 Å². The minimum absolute atomic E-state index is 0.0330. The number of phenols is 1. The number of piperazine rings is 1. The minimum atomic E-state index is 0.0330. The summed E-state index contributed by atoms with van der Waals surface area (Å²) in [5.41, 5.74) is 1.36. The van der Waals surface area contributed by atoms with Crippen LogP contribution in [0.1, 0.15) is 30.9 Å². The Kier molecular flexibility index (Phi) is 3.56. The van der Waals surface area contributed by atoms with Gasteiger partial charge in [-0.3, -0.25) is 9.69 Å². The van der Waals surface area contributed by atoms with Crippen LogP contribution in [-0.2, 0) is 11.3 Å². The van der Waals surface area contributed by atoms with Crippen LogP contribution in [0, 0.1) is 11.3 Å². The zero-order valence-corrected chi connectivity index (χ0v) is 12.1. The Bertz CT molecular complexity index is 594. The van der Waals surface area contributed by atoms with Crippen LogP contribution < -0.4 is 0 Å². The molecule has 1 aromatic carbocycles. The molecule has 0 saturated carbocycles. The lowest BCUT2D eigenvalue weighted by atomic mass is 10.1. The number of nitrogens with zero attached hydrogens (tertiary/aromatic N) is 3. The van der Waals surface area contributed by atoms with Crippen molar-refractivity contribution in [3.8, 4) is 11.8 Å². The summed E-state index contributed by atoms with van der Waals surface area (Å²) in [4.78, 5) is 15.9. The number of benzene rings is 1. The molecule has 0 aromatic heterocycles. The van der Waals surface area contributed by atoms with Crippen LogP contribution in [0.5, 0.6) is 5.75 Å². The highest BCUT2D eigenvalue weighted by atomic mass is 16.3. The molecule has 2 atom stereocenters. The average Bonchev–Trinajstić information content (AvgIpc) is 2.71. The normalized spacial score (nSPS) is 24.9. The van der Waals surface area contributed by atoms with Crippen molar-refractivity contribution in [1.29, 1.82) is 5.26 Å². The molecular formula is C16H19N3O2. The van der Waals surface area contributed by atoms with Crippen LogP contribution in [0.3, 0.4) is 0 Å². The van der Waals surface area contributed by atoms with E-state index in [1.807, 2.05) is 17.0 Å². The van der Waals surface area contributed by atoms with Gasteiger partial charge in [0.15, 0.2) is 0 Å². The van der Waals surface area contributed by atoms with Crippen molar-refractivity contribution in [3.63, 3.8) is 0 Å². The molecule has 2 unspecified atom stereocenters. The molecule has 110 valence electrons. The number of aromatic hydroxyl groups is 1. The molecule has 0 aliphatic carbocycles. The second-order valence-corrected chi connectivity index (χ2v) is 5.94. The van der Waals surface area contributed by atoms with Crippen LogP contribution in [-0.4, -0.2) is 46.0 Å². The predicted octanol–water partition coefficient (Wildman–Crippen LogP) is 1.46. The third-order valence-electron chi connectivity index (χ3n) is 4.63. The highest BCUT2D eigenvalue weighted by molar-refractivity contribution is 5.73. The first kappa shape index (κ1) is 13.9. The fraction of sp³-hybridized carbons (Fsp3) is 0.500. The summed E-state index contributed by atoms with van der Waals surface area (Å²) in [6.45, 7) is 4.01. The number of rotatable bonds is 2. The lowest BCUT2D eigenvalue weighted by Gasteiger charge is -2.40. The van der Waals surface area contributed by atoms with Crippen molar-refractivity contribution in [3.05, 3.63) is 29.3 Å². The maximum absolute atomic E-state index is 11.5. The number of likely N-dealkylation sites (tertiary alicyclic amines) is 1. The lowest BCUT2D eigenvalue weighted by Crippen LogP contribution is -2.54. The van der Waals surface area contributed by atoms with Gasteiger partial charge < -0.3 is 10.0 Å². The molecule has 5 nitrogen and oxygen atoms in total. The molecule has 2 aliphatic rings. The number of fused-ring (bicyclic) bond motifs is 2. The first-order chi connectivity index (χ1) is 10.1. The van der Waals surface area contributed by atoms with E-state index in [4.69, 9.17) is 5.26 Å². The predicted molar refractivity (Wildman–Crippen MR) is 77.4 cm³/mol. The smallest absolute Gasteiger partial charge is 0.219 e. The summed E-state index contributed by atoms with van der Waals surface area (Å²) in [7, 11) is 0. The minimum Gasteiger partial charge on any atom is -0.507 e. The second kappa shape index (κ2) is 5.38. The van der Waals surface area contributed by atoms with E-state index in [0.717, 1.165) is 38.0 Å². The number of amides is 1. The third-order valence-corrected chi connectivity index (χ3v) is 4.63. The van der Waals surface area contributed by atoms with E-state index in [-0.39, 0.29) is 11.7 Å². The van der Waals surface area contributed by atoms with Gasteiger partial charge in [-0.05, 0) is 30.5 Å². The molecule has 1 aromatic rings. The van der Waals surface area contributed by atoms with E-state index in [0.29, 0.717) is 17.6 Å². The molecule has 3 rings (SSSR count). The molecular weight excluding hydrogens is 266 g/mol. The molecule has 2 bridgehead atoms. The topological polar surface area (TPSA) is 67.6 Å². The molecule has 2 aliphatic heterocycles. The molecule has 1 amide bonds. The van der Waals surface area contributed by atoms with Gasteiger partial charge in [-0.15, -0.1) is 0 Å². The summed E-state index contributed by atoms with van der Waals surface area (Å²) in [5, 5.41) is 18.6. The van der Waals surface area contributed by atoms with Gasteiger partial charge in [-0.25, -0.2) is 0 Å². The zero-order chi connectivity index (χ0) is 15.0. The Hall–Kier alpha value is -2.06. The van der Waals surface area contributed by atoms with E-state index in [1.165, 1.54) is 0 Å². The fourth-order valence-corrected chi connectivity index (χ4v) is 3.49. The molecule has 0 spiro atoms. The number of carbonyl (C=O) groups is 1. The van der Waals surface area contributed by atoms with Crippen molar-refractivity contribution >= 4 is 5.91 Å². The van der Waals surface area contributed by atoms with E-state index < -0.39 is 0 Å². The van der Waals surface area contributed by atoms with Gasteiger partial charge in [0, 0.05) is 38.6 Å². The van der Waals surface area contributed by atoms with Crippen molar-refractivity contribution in [2.75, 3.05) is 13.1 Å². The van der Waals surface area contributed by atoms with Gasteiger partial charge in [0.1, 0.15) is 11.8 Å². The summed E-state index contributed by atoms with van der Waals surface area (Å²) in [6.07, 6.45) is 2.25. The molecule has 21 heavy (non-hydrogen) atoms. The maximum Gasteiger partial charge on any atom is 0.219 e. The van der Waals surface area contributed by atoms with Gasteiger partial charge in [0.25, 0.3) is 0 Å². The van der Waals surface area contributed by atoms with Gasteiger partial charge in [0.2, 0.25) is 5.91 Å². The van der Waals surface area contributed by atoms with Crippen molar-refractivity contribution in [2.24, 2.45) is 0 Å². The Morgan fingerprint density at radius 2 is 2.05 bits per heavy atom. The van der Waals surface area contributed by atoms with E-state index >= 15 is 0 Å². The SMILES string of the molecule is CC(=O)N1CC2CCC(C1)N2Cc1ccc(O)c(C#N)c1. The average molecular weight is 285 g/mol. The molecule has 2 saturated heterocycles. The first-order valence-corrected chi connectivity index (χ1v) is 7.31. The number of carbonyl (C=O) groups excluding carboxylic acids is 1. The first-order valence-electron chi connectivity index (χ1n) is 7.31. The lowest BCUT2D eigenvalue weighted by molar-refractivity contribution is -0.132. The standard InChI is InChI=1S/C16H19N3O2/c1-11(20)18-9-14-3-4-15(10-18)19(14)8-12-2-5-16(21)13(6-12)7-17/h2,5-6,14-15,21H,3-4,8-10H2,1H3. The number of hydrogen-bond donors (Lipinski definition) is 1. The fourth-order valence-electron chi connectivity index (χ4n) is 3.49. The highest BCUT2D eigenvalue weighted by Crippen LogP contribution is 2.32. The number of phenolic OH excluding ortho intramolecular Hbond substituents is 1. The molecule has 1 N–H and O–H groups in total. The molecule has 2 heterocycles. The Labute approximate surface area is 124 Å². The summed E-state index contributed by atoms with van der Waals surface area (Å²) in [6, 6.07) is 8.04. The van der Waals surface area contributed by atoms with Crippen LogP contribution >= 0.6 is 0 Å². The van der Waals surface area contributed by atoms with Crippen LogP contribution in [0.2, 0.25) is 0 Å². The Morgan fingerprint density at radius 1 is 1.38 bits per heavy atom. The van der Waals surface area contributed by atoms with Gasteiger partial charge in [0.05, 0.1) is 5.56 Å². The Morgan fingerprint density at radius 3 is 2.62 bits per heavy atom. The van der Waals surface area contributed by atoms with Crippen LogP contribution in [0.25, 0.3) is 0 Å². The summed E-state index contributed by atoms with van der Waals surface area (Å²) >= 11 is 0. The zero-order valence-electron chi connectivity index (χ0n) is 12.1. The molecule has 0 radical (unpaired) electrons. The summed E-state index contributed by atoms with van der Waals surface area (Å²) < 4.78 is 0. The maximum atomic E-state index is 11.5. The monoisotopic (exact) mass is 285 g/mol. The van der Waals surface area contributed by atoms with E-state index in [2.05, 4.69) is 4.90 Å². The van der Waals surface area contributed by atoms with Gasteiger partial charge >= 0.3 is 0 Å². The number of hydrogen-bond acceptors (Lipinski definition) is 4. The highest BCUT2D eigenvalue weighted by Gasteiger charge is 2.40. The van der Waals surface area contributed by atoms with Crippen LogP contribution in [0.4, 0.5) is 0 Å².